The molecule has 8 atom stereocenters. The molecule has 0 aliphatic carbocycles. The SMILES string of the molecule is CCCCCCCC1OC(CC)CC(CC2CC(CC(C)O)OC(CCCCCCCCCCOc3ccc(-c4ccc(C#N)cc4)cc3)O2)O1.CCCCCCCC=O.CCOC(COc1ccc(-c2ccc(C#N)cc2)cc1)OCC.I.[CH2+]C(O)CC. The van der Waals surface area contributed by atoms with Gasteiger partial charge in [0.1, 0.15) is 24.4 Å². The van der Waals surface area contributed by atoms with Crippen LogP contribution in [0.2, 0.25) is 0 Å². The number of nitrogens with zero attached hydrogens (tertiary/aromatic N) is 2. The topological polar surface area (TPSA) is 179 Å². The van der Waals surface area contributed by atoms with Crippen molar-refractivity contribution in [3.8, 4) is 45.9 Å². The molecule has 0 aromatic heterocycles. The number of hydrogen-bond donors (Lipinski definition) is 2. The minimum Gasteiger partial charge on any atom is -0.494 e. The molecule has 496 valence electrons. The van der Waals surface area contributed by atoms with Crippen molar-refractivity contribution in [1.29, 1.82) is 10.5 Å². The molecule has 2 aliphatic rings. The normalized spacial score (nSPS) is 18.4. The molecule has 4 aromatic carbocycles. The minimum atomic E-state index is -0.380. The monoisotopic (exact) mass is 1350 g/mol. The third-order valence-electron chi connectivity index (χ3n) is 15.6. The molecule has 0 amide bonds. The standard InChI is InChI=1S/C44H67NO6.C19H21NO3.C8H16O.C4H9O.HI/c1-4-6-7-12-15-18-43-48-38(5-2)30-41(50-43)32-42-31-40(29-34(3)46)49-44(51-42)19-16-13-10-8-9-11-14-17-28-47-39-26-24-37(25-27-39)36-22-20-35(33-45)21-23-36;1-3-21-19(22-4-2)14-23-18-11-9-17(10-12-18)16-7-5-15(13-20)6-8-16;1-2-3-4-5-6-7-8-9;1-3-4(2)5;/h20-27,34,38,40-44,46H,4-19,28-32H2,1-3H3;5-12,19H,3-4,14H2,1-2H3;8H,2-7H2,1H3;4-5H,2-3H2,1H3;1H/q;;;+1;. The first-order valence-corrected chi connectivity index (χ1v) is 33.8. The largest absolute Gasteiger partial charge is 0.494 e. The van der Waals surface area contributed by atoms with Crippen LogP contribution in [0.1, 0.15) is 233 Å². The second-order valence-electron chi connectivity index (χ2n) is 23.3. The molecular formula is C75H114IN2O11+. The van der Waals surface area contributed by atoms with E-state index in [-0.39, 0.29) is 79.5 Å². The quantitative estimate of drug-likeness (QED) is 0.0142. The average molecular weight is 1350 g/mol. The maximum absolute atomic E-state index is 10.1. The van der Waals surface area contributed by atoms with Gasteiger partial charge in [0.05, 0.1) is 67.3 Å². The van der Waals surface area contributed by atoms with Crippen LogP contribution in [0.15, 0.2) is 97.1 Å². The summed E-state index contributed by atoms with van der Waals surface area (Å²) in [4.78, 5) is 9.84. The zero-order chi connectivity index (χ0) is 63.8. The van der Waals surface area contributed by atoms with Crippen molar-refractivity contribution < 1.29 is 52.9 Å². The number of halogens is 1. The molecule has 14 heteroatoms. The van der Waals surface area contributed by atoms with E-state index in [9.17, 15) is 9.90 Å². The van der Waals surface area contributed by atoms with Gasteiger partial charge in [0.25, 0.3) is 0 Å². The Morgan fingerprint density at radius 2 is 0.921 bits per heavy atom. The third kappa shape index (κ3) is 37.5. The van der Waals surface area contributed by atoms with Gasteiger partial charge in [-0.3, -0.25) is 0 Å². The Labute approximate surface area is 555 Å². The average Bonchev–Trinajstić information content (AvgIpc) is 3.12. The lowest BCUT2D eigenvalue weighted by molar-refractivity contribution is -0.275. The van der Waals surface area contributed by atoms with Crippen LogP contribution in [0.25, 0.3) is 22.3 Å². The number of aliphatic hydroxyl groups is 2. The van der Waals surface area contributed by atoms with E-state index in [0.717, 1.165) is 124 Å². The molecule has 13 nitrogen and oxygen atoms in total. The van der Waals surface area contributed by atoms with Crippen molar-refractivity contribution >= 4 is 30.3 Å². The number of nitriles is 2. The van der Waals surface area contributed by atoms with E-state index in [1.807, 2.05) is 113 Å². The van der Waals surface area contributed by atoms with Gasteiger partial charge in [0.15, 0.2) is 25.0 Å². The predicted molar refractivity (Wildman–Crippen MR) is 370 cm³/mol. The van der Waals surface area contributed by atoms with Crippen molar-refractivity contribution in [2.75, 3.05) is 26.4 Å². The van der Waals surface area contributed by atoms with Crippen molar-refractivity contribution in [1.82, 2.24) is 0 Å². The number of ether oxygens (including phenoxy) is 8. The molecule has 2 fully saturated rings. The summed E-state index contributed by atoms with van der Waals surface area (Å²) in [5.74, 6) is 1.67. The van der Waals surface area contributed by atoms with Crippen molar-refractivity contribution in [3.63, 3.8) is 0 Å². The van der Waals surface area contributed by atoms with E-state index in [1.165, 1.54) is 89.9 Å². The van der Waals surface area contributed by atoms with Gasteiger partial charge in [-0.25, -0.2) is 0 Å². The number of aliphatic hydroxyl groups excluding tert-OH is 2. The van der Waals surface area contributed by atoms with Gasteiger partial charge in [0, 0.05) is 45.3 Å². The number of unbranched alkanes of at least 4 members (excludes halogenated alkanes) is 16. The fourth-order valence-electron chi connectivity index (χ4n) is 10.4. The summed E-state index contributed by atoms with van der Waals surface area (Å²) in [7, 11) is 0. The van der Waals surface area contributed by atoms with Crippen LogP contribution >= 0.6 is 24.0 Å². The van der Waals surface area contributed by atoms with E-state index >= 15 is 0 Å². The van der Waals surface area contributed by atoms with Gasteiger partial charge in [0.2, 0.25) is 0 Å². The van der Waals surface area contributed by atoms with Crippen molar-refractivity contribution in [3.05, 3.63) is 115 Å². The lowest BCUT2D eigenvalue weighted by Crippen LogP contribution is -2.44. The second-order valence-corrected chi connectivity index (χ2v) is 23.3. The molecule has 4 aromatic rings. The van der Waals surface area contributed by atoms with Gasteiger partial charge in [-0.05, 0) is 143 Å². The maximum Gasteiger partial charge on any atom is 0.191 e. The molecule has 2 N–H and O–H groups in total. The van der Waals surface area contributed by atoms with Crippen LogP contribution in [-0.4, -0.2) is 98.4 Å². The van der Waals surface area contributed by atoms with E-state index in [1.54, 1.807) is 0 Å². The first kappa shape index (κ1) is 80.5. The fourth-order valence-corrected chi connectivity index (χ4v) is 10.4. The summed E-state index contributed by atoms with van der Waals surface area (Å²) in [6.45, 7) is 19.9. The highest BCUT2D eigenvalue weighted by molar-refractivity contribution is 14.0. The highest BCUT2D eigenvalue weighted by atomic mass is 127. The molecular weight excluding hydrogens is 1230 g/mol. The van der Waals surface area contributed by atoms with E-state index in [0.29, 0.717) is 37.4 Å². The Morgan fingerprint density at radius 3 is 1.33 bits per heavy atom. The van der Waals surface area contributed by atoms with Gasteiger partial charge in [-0.1, -0.05) is 166 Å². The highest BCUT2D eigenvalue weighted by Crippen LogP contribution is 2.33. The fraction of sp³-hybridized carbons (Fsp3) is 0.627. The lowest BCUT2D eigenvalue weighted by atomic mass is 9.96. The molecule has 0 bridgehead atoms. The number of benzene rings is 4. The molecule has 2 saturated heterocycles. The summed E-state index contributed by atoms with van der Waals surface area (Å²) < 4.78 is 48.2. The summed E-state index contributed by atoms with van der Waals surface area (Å²) in [6.07, 6.45) is 29.9. The number of carbonyl (C=O) groups is 1. The van der Waals surface area contributed by atoms with Gasteiger partial charge in [-0.2, -0.15) is 10.5 Å². The minimum absolute atomic E-state index is 0. The summed E-state index contributed by atoms with van der Waals surface area (Å²) in [5, 5.41) is 36.2. The van der Waals surface area contributed by atoms with E-state index in [4.69, 9.17) is 53.5 Å². The molecule has 8 unspecified atom stereocenters. The molecule has 0 radical (unpaired) electrons. The van der Waals surface area contributed by atoms with Crippen molar-refractivity contribution in [2.45, 2.75) is 277 Å². The molecule has 2 heterocycles. The van der Waals surface area contributed by atoms with Crippen LogP contribution < -0.4 is 9.47 Å². The van der Waals surface area contributed by atoms with E-state index in [2.05, 4.69) is 52.0 Å². The van der Waals surface area contributed by atoms with Gasteiger partial charge in [-0.15, -0.1) is 24.0 Å². The van der Waals surface area contributed by atoms with Crippen LogP contribution in [0.4, 0.5) is 0 Å². The smallest absolute Gasteiger partial charge is 0.191 e. The summed E-state index contributed by atoms with van der Waals surface area (Å²) in [6, 6.07) is 35.5. The molecule has 2 aliphatic heterocycles. The zero-order valence-corrected chi connectivity index (χ0v) is 57.8. The van der Waals surface area contributed by atoms with Gasteiger partial charge >= 0.3 is 0 Å². The Hall–Kier alpha value is -4.59. The Bertz CT molecular complexity index is 2390. The Balaban J connectivity index is 0.000000580. The molecule has 0 spiro atoms. The van der Waals surface area contributed by atoms with Crippen LogP contribution in [0.3, 0.4) is 0 Å². The third-order valence-corrected chi connectivity index (χ3v) is 15.6. The van der Waals surface area contributed by atoms with Crippen LogP contribution in [0, 0.1) is 29.6 Å². The van der Waals surface area contributed by atoms with Crippen LogP contribution in [0.5, 0.6) is 11.5 Å². The summed E-state index contributed by atoms with van der Waals surface area (Å²) in [5.41, 5.74) is 5.70. The predicted octanol–water partition coefficient (Wildman–Crippen LogP) is 18.8. The highest BCUT2D eigenvalue weighted by Gasteiger charge is 2.36. The maximum atomic E-state index is 10.1. The number of carbonyl (C=O) groups excluding carboxylic acids is 1. The molecule has 6 rings (SSSR count). The first-order chi connectivity index (χ1) is 42.9. The molecule has 89 heavy (non-hydrogen) atoms. The first-order valence-electron chi connectivity index (χ1n) is 33.8. The summed E-state index contributed by atoms with van der Waals surface area (Å²) >= 11 is 0. The zero-order valence-electron chi connectivity index (χ0n) is 55.5. The van der Waals surface area contributed by atoms with E-state index < -0.39 is 0 Å². The Morgan fingerprint density at radius 1 is 0.539 bits per heavy atom. The van der Waals surface area contributed by atoms with Crippen LogP contribution in [-0.2, 0) is 33.2 Å². The second kappa shape index (κ2) is 52.0. The number of aldehydes is 1. The molecule has 0 saturated carbocycles. The number of hydrogen-bond acceptors (Lipinski definition) is 13. The Kier molecular flexibility index (Phi) is 47.0. The van der Waals surface area contributed by atoms with Crippen molar-refractivity contribution in [2.24, 2.45) is 0 Å². The number of rotatable bonds is 39. The lowest BCUT2D eigenvalue weighted by Gasteiger charge is -2.40. The van der Waals surface area contributed by atoms with Gasteiger partial charge < -0.3 is 52.9 Å².